The second-order valence-electron chi connectivity index (χ2n) is 14.9. The van der Waals surface area contributed by atoms with E-state index in [1.54, 1.807) is 0 Å². The van der Waals surface area contributed by atoms with Crippen molar-refractivity contribution in [2.75, 3.05) is 26.2 Å². The minimum Gasteiger partial charge on any atom is -0.507 e. The molecule has 7 heteroatoms. The summed E-state index contributed by atoms with van der Waals surface area (Å²) in [6.07, 6.45) is 17.3. The van der Waals surface area contributed by atoms with Crippen LogP contribution in [0.1, 0.15) is 119 Å². The number of aromatic hydroxyl groups is 1. The molecule has 3 saturated heterocycles. The molecule has 226 valence electrons. The van der Waals surface area contributed by atoms with E-state index in [2.05, 4.69) is 21.9 Å². The first-order valence-electron chi connectivity index (χ1n) is 17.1. The third kappa shape index (κ3) is 5.17. The van der Waals surface area contributed by atoms with Crippen LogP contribution in [0.3, 0.4) is 0 Å². The molecular formula is C34H50N2O5. The lowest BCUT2D eigenvalue weighted by Gasteiger charge is -2.60. The number of nitrogens with zero attached hydrogens (tertiary/aromatic N) is 2. The normalized spacial score (nSPS) is 41.4. The molecule has 5 aliphatic carbocycles. The van der Waals surface area contributed by atoms with Crippen molar-refractivity contribution in [3.05, 3.63) is 28.8 Å². The Morgan fingerprint density at radius 1 is 0.659 bits per heavy atom. The van der Waals surface area contributed by atoms with E-state index in [-0.39, 0.29) is 0 Å². The zero-order chi connectivity index (χ0) is 27.4. The predicted molar refractivity (Wildman–Crippen MR) is 154 cm³/mol. The van der Waals surface area contributed by atoms with E-state index < -0.39 is 11.6 Å². The molecule has 1 aromatic rings. The summed E-state index contributed by atoms with van der Waals surface area (Å²) in [6.45, 7) is 6.24. The highest BCUT2D eigenvalue weighted by Gasteiger charge is 2.64. The van der Waals surface area contributed by atoms with Crippen LogP contribution in [0.25, 0.3) is 0 Å². The van der Waals surface area contributed by atoms with E-state index in [1.807, 2.05) is 0 Å². The average molecular weight is 567 g/mol. The molecular weight excluding hydrogens is 516 g/mol. The first-order chi connectivity index (χ1) is 20.1. The summed E-state index contributed by atoms with van der Waals surface area (Å²) >= 11 is 0. The van der Waals surface area contributed by atoms with Crippen molar-refractivity contribution < 1.29 is 24.7 Å². The summed E-state index contributed by atoms with van der Waals surface area (Å²) in [7, 11) is 0. The van der Waals surface area contributed by atoms with Crippen molar-refractivity contribution in [1.82, 2.24) is 9.80 Å². The molecule has 2 spiro atoms. The van der Waals surface area contributed by atoms with Crippen LogP contribution in [0.15, 0.2) is 12.1 Å². The van der Waals surface area contributed by atoms with E-state index >= 15 is 0 Å². The fraction of sp³-hybridized carbons (Fsp3) is 0.824. The molecule has 8 aliphatic rings. The Kier molecular flexibility index (Phi) is 7.37. The molecule has 3 aliphatic heterocycles. The van der Waals surface area contributed by atoms with E-state index in [4.69, 9.17) is 19.6 Å². The van der Waals surface area contributed by atoms with Crippen molar-refractivity contribution in [3.8, 4) is 5.75 Å². The molecule has 41 heavy (non-hydrogen) atoms. The fourth-order valence-corrected chi connectivity index (χ4v) is 9.96. The summed E-state index contributed by atoms with van der Waals surface area (Å²) in [5.74, 6) is 1.96. The molecule has 8 fully saturated rings. The monoisotopic (exact) mass is 566 g/mol. The van der Waals surface area contributed by atoms with Gasteiger partial charge in [0.05, 0.1) is 0 Å². The summed E-state index contributed by atoms with van der Waals surface area (Å²) in [6, 6.07) is 4.62. The molecule has 0 unspecified atom stereocenters. The van der Waals surface area contributed by atoms with Crippen LogP contribution in [0, 0.1) is 23.7 Å². The lowest BCUT2D eigenvalue weighted by molar-refractivity contribution is -0.680. The topological polar surface area (TPSA) is 63.6 Å². The van der Waals surface area contributed by atoms with Gasteiger partial charge in [-0.05, 0) is 120 Å². The predicted octanol–water partition coefficient (Wildman–Crippen LogP) is 6.78. The largest absolute Gasteiger partial charge is 0.507 e. The lowest BCUT2D eigenvalue weighted by atomic mass is 9.53. The highest BCUT2D eigenvalue weighted by molar-refractivity contribution is 5.45. The highest BCUT2D eigenvalue weighted by Crippen LogP contribution is 2.62. The maximum absolute atomic E-state index is 11.5. The van der Waals surface area contributed by atoms with Gasteiger partial charge in [-0.2, -0.15) is 19.6 Å². The van der Waals surface area contributed by atoms with Gasteiger partial charge in [0.25, 0.3) is 0 Å². The molecule has 3 heterocycles. The minimum atomic E-state index is -0.791. The number of hydrogen-bond donors (Lipinski definition) is 1. The van der Waals surface area contributed by atoms with Crippen molar-refractivity contribution >= 4 is 0 Å². The third-order valence-corrected chi connectivity index (χ3v) is 12.1. The molecule has 0 aromatic heterocycles. The van der Waals surface area contributed by atoms with Gasteiger partial charge in [-0.3, -0.25) is 9.80 Å². The van der Waals surface area contributed by atoms with Crippen LogP contribution < -0.4 is 0 Å². The number of phenols is 1. The summed E-state index contributed by atoms with van der Waals surface area (Å²) in [4.78, 5) is 30.1. The molecule has 7 nitrogen and oxygen atoms in total. The molecule has 0 radical (unpaired) electrons. The average Bonchev–Trinajstić information content (AvgIpc) is 3.00. The van der Waals surface area contributed by atoms with Crippen molar-refractivity contribution in [1.29, 1.82) is 0 Å². The van der Waals surface area contributed by atoms with Gasteiger partial charge in [-0.25, -0.2) is 0 Å². The Balaban J connectivity index is 0.964. The fourth-order valence-electron chi connectivity index (χ4n) is 9.96. The van der Waals surface area contributed by atoms with Crippen LogP contribution in [0.4, 0.5) is 0 Å². The van der Waals surface area contributed by atoms with Crippen molar-refractivity contribution in [3.63, 3.8) is 0 Å². The zero-order valence-electron chi connectivity index (χ0n) is 24.9. The maximum atomic E-state index is 11.5. The molecule has 9 rings (SSSR count). The molecule has 1 aromatic carbocycles. The van der Waals surface area contributed by atoms with Gasteiger partial charge in [-0.15, -0.1) is 0 Å². The zero-order valence-corrected chi connectivity index (χ0v) is 24.9. The Labute approximate surface area is 245 Å². The number of rotatable bonds is 5. The third-order valence-electron chi connectivity index (χ3n) is 12.1. The molecule has 4 bridgehead atoms. The first kappa shape index (κ1) is 27.3. The summed E-state index contributed by atoms with van der Waals surface area (Å²) in [5.41, 5.74) is 3.58. The Morgan fingerprint density at radius 2 is 1.15 bits per heavy atom. The Bertz CT molecular complexity index is 1010. The van der Waals surface area contributed by atoms with Crippen LogP contribution in [-0.2, 0) is 32.6 Å². The van der Waals surface area contributed by atoms with Crippen LogP contribution in [-0.4, -0.2) is 52.7 Å². The Hall–Kier alpha value is -1.22. The summed E-state index contributed by atoms with van der Waals surface area (Å²) in [5, 5.41) is 11.5. The molecule has 5 saturated carbocycles. The smallest absolute Gasteiger partial charge is 0.239 e. The van der Waals surface area contributed by atoms with Gasteiger partial charge in [0.15, 0.2) is 0 Å². The summed E-state index contributed by atoms with van der Waals surface area (Å²) < 4.78 is 0. The van der Waals surface area contributed by atoms with Gasteiger partial charge in [0, 0.05) is 48.9 Å². The number of likely N-dealkylation sites (tertiary alicyclic amines) is 2. The highest BCUT2D eigenvalue weighted by atomic mass is 17.4. The van der Waals surface area contributed by atoms with Crippen molar-refractivity contribution in [2.24, 2.45) is 23.7 Å². The molecule has 0 amide bonds. The number of hydrogen-bond acceptors (Lipinski definition) is 7. The van der Waals surface area contributed by atoms with Gasteiger partial charge in [-0.1, -0.05) is 25.0 Å². The maximum Gasteiger partial charge on any atom is 0.239 e. The van der Waals surface area contributed by atoms with E-state index in [1.165, 1.54) is 76.2 Å². The van der Waals surface area contributed by atoms with Gasteiger partial charge in [0.2, 0.25) is 11.6 Å². The van der Waals surface area contributed by atoms with E-state index in [9.17, 15) is 5.11 Å². The van der Waals surface area contributed by atoms with Crippen molar-refractivity contribution in [2.45, 2.75) is 127 Å². The van der Waals surface area contributed by atoms with Crippen LogP contribution >= 0.6 is 0 Å². The van der Waals surface area contributed by atoms with Gasteiger partial charge < -0.3 is 5.11 Å². The van der Waals surface area contributed by atoms with E-state index in [0.717, 1.165) is 87.9 Å². The minimum absolute atomic E-state index is 0.404. The van der Waals surface area contributed by atoms with Crippen LogP contribution in [0.2, 0.25) is 0 Å². The second kappa shape index (κ2) is 11.0. The van der Waals surface area contributed by atoms with Crippen LogP contribution in [0.5, 0.6) is 5.75 Å². The molecule has 0 atom stereocenters. The number of phenolic OH excluding ortho intramolecular Hbond substituents is 1. The standard InChI is InChI=1S/C34H50N2O5/c37-32-28(22-35-11-3-1-4-12-35)20-27(21-29(32)23-36-13-5-2-6-14-36)26-7-9-33(10-8-26)38-40-34(41-39-33)30-16-24-15-25(18-30)19-31(34)17-24/h20-21,24-26,30-31,37H,1-19,22-23H2. The number of benzene rings is 1. The van der Waals surface area contributed by atoms with Gasteiger partial charge >= 0.3 is 0 Å². The quantitative estimate of drug-likeness (QED) is 0.394. The second-order valence-corrected chi connectivity index (χ2v) is 14.9. The number of piperidine rings is 2. The van der Waals surface area contributed by atoms with Gasteiger partial charge in [0.1, 0.15) is 5.75 Å². The molecule has 1 N–H and O–H groups in total. The first-order valence-corrected chi connectivity index (χ1v) is 17.1. The lowest BCUT2D eigenvalue weighted by Crippen LogP contribution is -2.64. The van der Waals surface area contributed by atoms with E-state index in [0.29, 0.717) is 23.5 Å². The Morgan fingerprint density at radius 3 is 1.63 bits per heavy atom. The SMILES string of the molecule is Oc1c(CN2CCCCC2)cc(C2CCC3(CC2)OOC2(OO3)C3CC4CC(C3)CC2C4)cc1CN1CCCCC1.